The van der Waals surface area contributed by atoms with Crippen molar-refractivity contribution in [2.75, 3.05) is 5.73 Å². The first-order valence-electron chi connectivity index (χ1n) is 4.90. The van der Waals surface area contributed by atoms with E-state index < -0.39 is 0 Å². The highest BCUT2D eigenvalue weighted by molar-refractivity contribution is 6.39. The third-order valence-electron chi connectivity index (χ3n) is 2.48. The van der Waals surface area contributed by atoms with Gasteiger partial charge in [-0.25, -0.2) is 0 Å². The van der Waals surface area contributed by atoms with E-state index in [9.17, 15) is 0 Å². The Balaban J connectivity index is 2.70. The maximum Gasteiger partial charge on any atom is 0.0519 e. The average Bonchev–Trinajstić information content (AvgIpc) is 2.19. The Bertz CT molecular complexity index is 512. The summed E-state index contributed by atoms with van der Waals surface area (Å²) in [5, 5.41) is 1.17. The number of hydrogen-bond acceptors (Lipinski definition) is 1. The van der Waals surface area contributed by atoms with Crippen LogP contribution in [0.4, 0.5) is 5.69 Å². The molecule has 82 valence electrons. The zero-order valence-corrected chi connectivity index (χ0v) is 10.3. The Morgan fingerprint density at radius 2 is 1.56 bits per heavy atom. The summed E-state index contributed by atoms with van der Waals surface area (Å²) in [6, 6.07) is 11.4. The zero-order valence-electron chi connectivity index (χ0n) is 8.80. The normalized spacial score (nSPS) is 10.4. The first kappa shape index (κ1) is 11.3. The van der Waals surface area contributed by atoms with E-state index in [2.05, 4.69) is 0 Å². The van der Waals surface area contributed by atoms with E-state index in [4.69, 9.17) is 28.9 Å². The van der Waals surface area contributed by atoms with Crippen LogP contribution in [0.3, 0.4) is 0 Å². The highest BCUT2D eigenvalue weighted by atomic mass is 35.5. The molecule has 0 bridgehead atoms. The van der Waals surface area contributed by atoms with Gasteiger partial charge in [-0.15, -0.1) is 0 Å². The number of aryl methyl sites for hydroxylation is 1. The van der Waals surface area contributed by atoms with Gasteiger partial charge in [-0.05, 0) is 30.2 Å². The van der Waals surface area contributed by atoms with Crippen molar-refractivity contribution in [3.63, 3.8) is 0 Å². The Kier molecular flexibility index (Phi) is 3.08. The van der Waals surface area contributed by atoms with Gasteiger partial charge in [0.05, 0.1) is 10.0 Å². The Morgan fingerprint density at radius 3 is 2.12 bits per heavy atom. The third-order valence-corrected chi connectivity index (χ3v) is 3.08. The van der Waals surface area contributed by atoms with Crippen LogP contribution in [0.15, 0.2) is 36.4 Å². The Labute approximate surface area is 105 Å². The molecule has 0 unspecified atom stereocenters. The number of benzene rings is 2. The lowest BCUT2D eigenvalue weighted by Gasteiger charge is -2.10. The van der Waals surface area contributed by atoms with Crippen molar-refractivity contribution in [3.8, 4) is 11.1 Å². The molecule has 2 aromatic carbocycles. The molecule has 2 rings (SSSR count). The maximum atomic E-state index is 6.18. The van der Waals surface area contributed by atoms with Gasteiger partial charge in [-0.3, -0.25) is 0 Å². The Morgan fingerprint density at radius 1 is 1.00 bits per heavy atom. The average molecular weight is 252 g/mol. The Hall–Kier alpha value is -1.18. The summed E-state index contributed by atoms with van der Waals surface area (Å²) in [5.74, 6) is 0. The minimum absolute atomic E-state index is 0.576. The zero-order chi connectivity index (χ0) is 11.7. The number of nitrogens with two attached hydrogens (primary N) is 1. The molecule has 0 saturated heterocycles. The molecule has 2 N–H and O–H groups in total. The highest BCUT2D eigenvalue weighted by Gasteiger charge is 2.11. The summed E-state index contributed by atoms with van der Waals surface area (Å²) in [4.78, 5) is 0. The molecule has 2 aromatic rings. The molecule has 0 aromatic heterocycles. The number of halogens is 2. The summed E-state index contributed by atoms with van der Waals surface area (Å²) in [6.07, 6.45) is 0. The molecule has 0 radical (unpaired) electrons. The van der Waals surface area contributed by atoms with E-state index in [0.717, 1.165) is 16.7 Å². The number of anilines is 1. The number of nitrogen functional groups attached to an aromatic ring is 1. The van der Waals surface area contributed by atoms with Crippen LogP contribution in [0.2, 0.25) is 10.0 Å². The minimum atomic E-state index is 0.576. The molecular formula is C13H11Cl2N. The van der Waals surface area contributed by atoms with Gasteiger partial charge in [0.25, 0.3) is 0 Å². The fourth-order valence-electron chi connectivity index (χ4n) is 1.70. The van der Waals surface area contributed by atoms with E-state index >= 15 is 0 Å². The van der Waals surface area contributed by atoms with Crippen molar-refractivity contribution >= 4 is 28.9 Å². The molecule has 0 amide bonds. The fraction of sp³-hybridized carbons (Fsp3) is 0.0769. The molecular weight excluding hydrogens is 241 g/mol. The van der Waals surface area contributed by atoms with Crippen molar-refractivity contribution in [1.82, 2.24) is 0 Å². The van der Waals surface area contributed by atoms with Gasteiger partial charge in [0.15, 0.2) is 0 Å². The molecule has 0 fully saturated rings. The summed E-state index contributed by atoms with van der Waals surface area (Å²) in [5.41, 5.74) is 9.27. The van der Waals surface area contributed by atoms with Crippen LogP contribution in [0, 0.1) is 6.92 Å². The van der Waals surface area contributed by atoms with E-state index in [1.807, 2.05) is 31.2 Å². The molecule has 1 nitrogen and oxygen atoms in total. The molecule has 0 aliphatic rings. The summed E-state index contributed by atoms with van der Waals surface area (Å²) in [7, 11) is 0. The van der Waals surface area contributed by atoms with Crippen molar-refractivity contribution in [1.29, 1.82) is 0 Å². The summed E-state index contributed by atoms with van der Waals surface area (Å²) >= 11 is 12.4. The molecule has 0 aliphatic carbocycles. The maximum absolute atomic E-state index is 6.18. The van der Waals surface area contributed by atoms with Crippen molar-refractivity contribution in [2.24, 2.45) is 0 Å². The van der Waals surface area contributed by atoms with E-state index in [1.54, 1.807) is 12.1 Å². The fourth-order valence-corrected chi connectivity index (χ4v) is 2.41. The van der Waals surface area contributed by atoms with Gasteiger partial charge in [0.2, 0.25) is 0 Å². The van der Waals surface area contributed by atoms with Gasteiger partial charge >= 0.3 is 0 Å². The lowest BCUT2D eigenvalue weighted by Crippen LogP contribution is -1.89. The van der Waals surface area contributed by atoms with Gasteiger partial charge in [-0.2, -0.15) is 0 Å². The summed E-state index contributed by atoms with van der Waals surface area (Å²) in [6.45, 7) is 2.03. The first-order chi connectivity index (χ1) is 7.59. The van der Waals surface area contributed by atoms with Crippen molar-refractivity contribution in [2.45, 2.75) is 6.92 Å². The minimum Gasteiger partial charge on any atom is -0.399 e. The topological polar surface area (TPSA) is 26.0 Å². The number of hydrogen-bond donors (Lipinski definition) is 1. The molecule has 0 atom stereocenters. The molecule has 0 saturated carbocycles. The summed E-state index contributed by atoms with van der Waals surface area (Å²) < 4.78 is 0. The number of rotatable bonds is 1. The van der Waals surface area contributed by atoms with Gasteiger partial charge in [0.1, 0.15) is 0 Å². The van der Waals surface area contributed by atoms with Crippen LogP contribution >= 0.6 is 23.2 Å². The van der Waals surface area contributed by atoms with Crippen molar-refractivity contribution < 1.29 is 0 Å². The predicted molar refractivity (Wildman–Crippen MR) is 71.0 cm³/mol. The first-order valence-corrected chi connectivity index (χ1v) is 5.65. The lowest BCUT2D eigenvalue weighted by atomic mass is 10.0. The van der Waals surface area contributed by atoms with Crippen LogP contribution in [-0.4, -0.2) is 0 Å². The van der Waals surface area contributed by atoms with Gasteiger partial charge < -0.3 is 5.73 Å². The van der Waals surface area contributed by atoms with E-state index in [1.165, 1.54) is 0 Å². The molecule has 3 heteroatoms. The van der Waals surface area contributed by atoms with E-state index in [0.29, 0.717) is 15.7 Å². The van der Waals surface area contributed by atoms with Gasteiger partial charge in [0, 0.05) is 11.3 Å². The second-order valence-electron chi connectivity index (χ2n) is 3.67. The predicted octanol–water partition coefficient (Wildman–Crippen LogP) is 4.55. The second kappa shape index (κ2) is 4.36. The van der Waals surface area contributed by atoms with Crippen molar-refractivity contribution in [3.05, 3.63) is 52.0 Å². The standard InChI is InChI=1S/C13H11Cl2N/c1-8-4-2-3-5-10(8)13-11(14)6-9(16)7-12(13)15/h2-7H,16H2,1H3. The molecule has 16 heavy (non-hydrogen) atoms. The lowest BCUT2D eigenvalue weighted by molar-refractivity contribution is 1.46. The van der Waals surface area contributed by atoms with Crippen LogP contribution in [0.1, 0.15) is 5.56 Å². The van der Waals surface area contributed by atoms with Crippen LogP contribution in [0.5, 0.6) is 0 Å². The third kappa shape index (κ3) is 2.01. The SMILES string of the molecule is Cc1ccccc1-c1c(Cl)cc(N)cc1Cl. The highest BCUT2D eigenvalue weighted by Crippen LogP contribution is 2.37. The molecule has 0 aliphatic heterocycles. The largest absolute Gasteiger partial charge is 0.399 e. The van der Waals surface area contributed by atoms with Crippen LogP contribution in [0.25, 0.3) is 11.1 Å². The monoisotopic (exact) mass is 251 g/mol. The van der Waals surface area contributed by atoms with Crippen LogP contribution < -0.4 is 5.73 Å². The second-order valence-corrected chi connectivity index (χ2v) is 4.49. The van der Waals surface area contributed by atoms with E-state index in [-0.39, 0.29) is 0 Å². The smallest absolute Gasteiger partial charge is 0.0519 e. The van der Waals surface area contributed by atoms with Gasteiger partial charge in [-0.1, -0.05) is 47.5 Å². The molecule has 0 spiro atoms. The van der Waals surface area contributed by atoms with Crippen LogP contribution in [-0.2, 0) is 0 Å². The molecule has 0 heterocycles. The quantitative estimate of drug-likeness (QED) is 0.740.